The van der Waals surface area contributed by atoms with Gasteiger partial charge >= 0.3 is 0 Å². The quantitative estimate of drug-likeness (QED) is 0.0443. The van der Waals surface area contributed by atoms with Crippen LogP contribution in [-0.2, 0) is 9.59 Å². The topological polar surface area (TPSA) is 138 Å². The van der Waals surface area contributed by atoms with E-state index in [1.165, 1.54) is 6.92 Å². The summed E-state index contributed by atoms with van der Waals surface area (Å²) >= 11 is 0. The average Bonchev–Trinajstić information content (AvgIpc) is 3.25. The Balaban J connectivity index is 2.78. The van der Waals surface area contributed by atoms with E-state index < -0.39 is 17.7 Å². The molecule has 60 heavy (non-hydrogen) atoms. The van der Waals surface area contributed by atoms with Crippen molar-refractivity contribution in [2.45, 2.75) is 171 Å². The zero-order valence-corrected chi connectivity index (χ0v) is 39.1. The zero-order valence-electron chi connectivity index (χ0n) is 39.1. The molecule has 0 heterocycles. The number of benzene rings is 2. The molecule has 3 amide bonds. The number of hydrogen-bond donors (Lipinski definition) is 2. The lowest BCUT2D eigenvalue weighted by Crippen LogP contribution is -2.40. The van der Waals surface area contributed by atoms with E-state index in [1.807, 2.05) is 9.80 Å². The first kappa shape index (κ1) is 52.1. The van der Waals surface area contributed by atoms with Gasteiger partial charge < -0.3 is 20.9 Å². The minimum Gasteiger partial charge on any atom is -0.399 e. The van der Waals surface area contributed by atoms with Gasteiger partial charge in [-0.2, -0.15) is 10.2 Å². The van der Waals surface area contributed by atoms with Crippen LogP contribution in [0.1, 0.15) is 186 Å². The molecule has 3 N–H and O–H groups in total. The number of nitrogens with one attached hydrogen (secondary N) is 1. The minimum atomic E-state index is -1.44. The third-order valence-electron chi connectivity index (χ3n) is 12.2. The molecule has 336 valence electrons. The molecule has 0 spiro atoms. The number of nitrogen functional groups attached to an aromatic ring is 1. The van der Waals surface area contributed by atoms with Gasteiger partial charge in [0.2, 0.25) is 6.04 Å². The van der Waals surface area contributed by atoms with E-state index >= 15 is 0 Å². The lowest BCUT2D eigenvalue weighted by atomic mass is 9.94. The molecular formula is C50H82N6O4. The maximum absolute atomic E-state index is 15.0. The van der Waals surface area contributed by atoms with Crippen molar-refractivity contribution in [3.63, 3.8) is 0 Å². The minimum absolute atomic E-state index is 0.134. The molecule has 0 bridgehead atoms. The van der Waals surface area contributed by atoms with Gasteiger partial charge in [-0.25, -0.2) is 0 Å². The fourth-order valence-corrected chi connectivity index (χ4v) is 7.90. The van der Waals surface area contributed by atoms with Crippen LogP contribution in [0.5, 0.6) is 0 Å². The molecular weight excluding hydrogens is 749 g/mol. The number of anilines is 2. The van der Waals surface area contributed by atoms with E-state index in [-0.39, 0.29) is 17.5 Å². The van der Waals surface area contributed by atoms with Crippen molar-refractivity contribution >= 4 is 40.6 Å². The van der Waals surface area contributed by atoms with E-state index in [0.29, 0.717) is 72.4 Å². The van der Waals surface area contributed by atoms with Crippen molar-refractivity contribution in [2.24, 2.45) is 33.9 Å². The fourth-order valence-electron chi connectivity index (χ4n) is 7.90. The summed E-state index contributed by atoms with van der Waals surface area (Å²) in [6.45, 7) is 21.5. The molecule has 2 aromatic carbocycles. The van der Waals surface area contributed by atoms with Gasteiger partial charge in [-0.1, -0.05) is 132 Å². The van der Waals surface area contributed by atoms with Crippen LogP contribution in [0.25, 0.3) is 0 Å². The van der Waals surface area contributed by atoms with Crippen LogP contribution in [0.4, 0.5) is 17.1 Å². The summed E-state index contributed by atoms with van der Waals surface area (Å²) in [6.07, 6.45) is 16.9. The van der Waals surface area contributed by atoms with Crippen LogP contribution >= 0.6 is 0 Å². The van der Waals surface area contributed by atoms with Crippen LogP contribution in [0.2, 0.25) is 0 Å². The van der Waals surface area contributed by atoms with Gasteiger partial charge in [0.1, 0.15) is 0 Å². The highest BCUT2D eigenvalue weighted by Crippen LogP contribution is 2.27. The molecule has 0 fully saturated rings. The highest BCUT2D eigenvalue weighted by molar-refractivity contribution is 6.10. The van der Waals surface area contributed by atoms with Crippen molar-refractivity contribution in [2.75, 3.05) is 37.2 Å². The Morgan fingerprint density at radius 3 is 1.27 bits per heavy atom. The molecule has 0 aromatic heterocycles. The number of amides is 3. The van der Waals surface area contributed by atoms with Crippen molar-refractivity contribution < 1.29 is 19.2 Å². The van der Waals surface area contributed by atoms with Crippen molar-refractivity contribution in [1.82, 2.24) is 9.80 Å². The number of rotatable bonds is 31. The number of carbonyl (C=O) groups excluding carboxylic acids is 4. The van der Waals surface area contributed by atoms with Gasteiger partial charge in [0.15, 0.2) is 5.78 Å². The maximum atomic E-state index is 15.0. The highest BCUT2D eigenvalue weighted by atomic mass is 16.2. The van der Waals surface area contributed by atoms with Crippen LogP contribution in [0, 0.1) is 23.7 Å². The summed E-state index contributed by atoms with van der Waals surface area (Å²) in [5, 5.41) is 11.5. The number of ketones is 1. The van der Waals surface area contributed by atoms with Crippen molar-refractivity contribution in [1.29, 1.82) is 0 Å². The molecule has 10 nitrogen and oxygen atoms in total. The van der Waals surface area contributed by atoms with Gasteiger partial charge in [0, 0.05) is 48.7 Å². The Bertz CT molecular complexity index is 1490. The predicted molar refractivity (Wildman–Crippen MR) is 250 cm³/mol. The second-order valence-electron chi connectivity index (χ2n) is 17.2. The van der Waals surface area contributed by atoms with Crippen molar-refractivity contribution in [3.05, 3.63) is 53.6 Å². The molecule has 5 atom stereocenters. The standard InChI is InChI=1S/C50H82N6O4/c1-10-18-22-38(14-5)33-55(34-39(15-6)23-19-11-2)49(59)42-30-43(50(60)56(35-40(16-7)24-20-12-3)36-41(17-8)25-21-13-4)32-46(31-42)53-54-47(37(9)57)48(58)52-45-28-26-44(51)27-29-45/h26-32,38-41,47H,10-25,33-36,51H2,1-9H3,(H,52,58). The molecule has 0 saturated heterocycles. The van der Waals surface area contributed by atoms with Crippen LogP contribution in [-0.4, -0.2) is 65.5 Å². The lowest BCUT2D eigenvalue weighted by molar-refractivity contribution is -0.126. The van der Waals surface area contributed by atoms with Crippen LogP contribution in [0.15, 0.2) is 52.7 Å². The van der Waals surface area contributed by atoms with Gasteiger partial charge in [-0.05, 0) is 98.7 Å². The summed E-state index contributed by atoms with van der Waals surface area (Å²) in [4.78, 5) is 60.2. The molecule has 0 aliphatic rings. The molecule has 0 aliphatic carbocycles. The lowest BCUT2D eigenvalue weighted by Gasteiger charge is -2.32. The number of Topliss-reactive ketones (excluding diaryl/α,β-unsaturated/α-hetero) is 1. The Labute approximate surface area is 364 Å². The predicted octanol–water partition coefficient (Wildman–Crippen LogP) is 12.7. The van der Waals surface area contributed by atoms with Gasteiger partial charge in [0.05, 0.1) is 5.69 Å². The van der Waals surface area contributed by atoms with Crippen LogP contribution in [0.3, 0.4) is 0 Å². The summed E-state index contributed by atoms with van der Waals surface area (Å²) < 4.78 is 0. The first-order valence-corrected chi connectivity index (χ1v) is 23.7. The Morgan fingerprint density at radius 2 is 0.950 bits per heavy atom. The monoisotopic (exact) mass is 831 g/mol. The normalized spacial score (nSPS) is 14.0. The summed E-state index contributed by atoms with van der Waals surface area (Å²) in [7, 11) is 0. The second-order valence-corrected chi connectivity index (χ2v) is 17.2. The molecule has 5 unspecified atom stereocenters. The van der Waals surface area contributed by atoms with E-state index in [2.05, 4.69) is 70.9 Å². The first-order valence-electron chi connectivity index (χ1n) is 23.7. The molecule has 10 heteroatoms. The average molecular weight is 831 g/mol. The molecule has 0 saturated carbocycles. The third-order valence-corrected chi connectivity index (χ3v) is 12.2. The van der Waals surface area contributed by atoms with Gasteiger partial charge in [-0.15, -0.1) is 0 Å². The highest BCUT2D eigenvalue weighted by Gasteiger charge is 2.28. The smallest absolute Gasteiger partial charge is 0.258 e. The van der Waals surface area contributed by atoms with E-state index in [9.17, 15) is 19.2 Å². The number of nitrogens with two attached hydrogens (primary N) is 1. The SMILES string of the molecule is CCCCC(CC)CN(CC(CC)CCCC)C(=O)c1cc(N=NC(C(C)=O)C(=O)Nc2ccc(N)cc2)cc(C(=O)N(CC(CC)CCCC)CC(CC)CCCC)c1. The number of unbranched alkanes of at least 4 members (excludes halogenated alkanes) is 4. The summed E-state index contributed by atoms with van der Waals surface area (Å²) in [6, 6.07) is 10.3. The van der Waals surface area contributed by atoms with Gasteiger partial charge in [0.25, 0.3) is 17.7 Å². The summed E-state index contributed by atoms with van der Waals surface area (Å²) in [5.74, 6) is 0.0385. The Hall–Kier alpha value is -4.08. The van der Waals surface area contributed by atoms with Gasteiger partial charge in [-0.3, -0.25) is 19.2 Å². The largest absolute Gasteiger partial charge is 0.399 e. The first-order chi connectivity index (χ1) is 28.9. The maximum Gasteiger partial charge on any atom is 0.258 e. The Kier molecular flexibility index (Phi) is 25.4. The number of carbonyl (C=O) groups is 4. The number of hydrogen-bond acceptors (Lipinski definition) is 7. The zero-order chi connectivity index (χ0) is 44.5. The van der Waals surface area contributed by atoms with E-state index in [4.69, 9.17) is 5.73 Å². The molecule has 2 aromatic rings. The molecule has 2 rings (SSSR count). The number of azo groups is 1. The van der Waals surface area contributed by atoms with E-state index in [0.717, 1.165) is 103 Å². The second kappa shape index (κ2) is 29.2. The fraction of sp³-hybridized carbons (Fsp3) is 0.680. The Morgan fingerprint density at radius 1 is 0.583 bits per heavy atom. The molecule has 0 radical (unpaired) electrons. The van der Waals surface area contributed by atoms with Crippen LogP contribution < -0.4 is 11.1 Å². The third kappa shape index (κ3) is 18.3. The van der Waals surface area contributed by atoms with E-state index in [1.54, 1.807) is 42.5 Å². The molecule has 0 aliphatic heterocycles. The van der Waals surface area contributed by atoms with Crippen molar-refractivity contribution in [3.8, 4) is 0 Å². The number of nitrogens with zero attached hydrogens (tertiary/aromatic N) is 4. The summed E-state index contributed by atoms with van der Waals surface area (Å²) in [5.41, 5.74) is 7.83.